The van der Waals surface area contributed by atoms with Gasteiger partial charge >= 0.3 is 0 Å². The van der Waals surface area contributed by atoms with Crippen molar-refractivity contribution in [2.24, 2.45) is 0 Å². The monoisotopic (exact) mass is 1160 g/mol. The fourth-order valence-corrected chi connectivity index (χ4v) is 10.7. The second-order valence-corrected chi connectivity index (χ2v) is 20.9. The third-order valence-corrected chi connectivity index (χ3v) is 15.1. The molecule has 0 saturated carbocycles. The second kappa shape index (κ2) is 30.4. The molecule has 0 unspecified atom stereocenters. The number of nitrogen functional groups attached to an aromatic ring is 1. The van der Waals surface area contributed by atoms with Crippen molar-refractivity contribution in [3.8, 4) is 45.3 Å². The summed E-state index contributed by atoms with van der Waals surface area (Å²) in [6.45, 7) is 10.2. The molecule has 4 amide bonds. The van der Waals surface area contributed by atoms with Crippen molar-refractivity contribution in [2.45, 2.75) is 44.7 Å². The molecule has 23 heteroatoms. The average molecular weight is 1160 g/mol. The number of amides is 4. The van der Waals surface area contributed by atoms with E-state index in [0.717, 1.165) is 85.0 Å². The largest absolute Gasteiger partial charge is 0.457 e. The number of hydrogen-bond acceptors (Lipinski definition) is 17. The van der Waals surface area contributed by atoms with Crippen molar-refractivity contribution in [3.63, 3.8) is 0 Å². The van der Waals surface area contributed by atoms with E-state index in [1.54, 1.807) is 11.0 Å². The van der Waals surface area contributed by atoms with Gasteiger partial charge in [0, 0.05) is 107 Å². The van der Waals surface area contributed by atoms with Crippen LogP contribution in [-0.2, 0) is 44.7 Å². The molecule has 23 nitrogen and oxygen atoms in total. The quantitative estimate of drug-likeness (QED) is 0.0340. The molecule has 1 atom stereocenters. The first-order valence-electron chi connectivity index (χ1n) is 29.2. The Morgan fingerprint density at radius 1 is 0.647 bits per heavy atom. The number of fused-ring (bicyclic) bond motifs is 6. The average Bonchev–Trinajstić information content (AvgIpc) is 3.13. The van der Waals surface area contributed by atoms with Crippen LogP contribution in [0.2, 0.25) is 0 Å². The molecule has 4 aromatic carbocycles. The SMILES string of the molecule is Nc1ncnc2c1c(-c1ccc(Oc3ccccc3)cc1)nn2[C@@H]1CCCN(C(=O)/C=C/CN2CCN(CCNC(=O)CCOCCOCCOCCOCCNC(=O)CCC(=O)N3Cc4ccccc4-c4n[nH]nc4-c4ccccc43)CC2)C1. The minimum Gasteiger partial charge on any atom is -0.457 e. The Kier molecular flexibility index (Phi) is 21.3. The third-order valence-electron chi connectivity index (χ3n) is 15.1. The molecule has 0 radical (unpaired) electrons. The Bertz CT molecular complexity index is 3350. The molecule has 0 bridgehead atoms. The molecule has 0 spiro atoms. The van der Waals surface area contributed by atoms with Crippen LogP contribution in [0.25, 0.3) is 44.8 Å². The summed E-state index contributed by atoms with van der Waals surface area (Å²) in [5.74, 6) is 1.35. The number of nitrogens with two attached hydrogens (primary N) is 1. The number of nitrogens with one attached hydrogen (secondary N) is 3. The Morgan fingerprint density at radius 2 is 1.29 bits per heavy atom. The van der Waals surface area contributed by atoms with Crippen LogP contribution in [0.4, 0.5) is 11.5 Å². The van der Waals surface area contributed by atoms with Gasteiger partial charge in [0.05, 0.1) is 76.5 Å². The first-order valence-corrected chi connectivity index (χ1v) is 29.2. The molecule has 7 aromatic rings. The summed E-state index contributed by atoms with van der Waals surface area (Å²) in [5, 5.41) is 23.1. The lowest BCUT2D eigenvalue weighted by Crippen LogP contribution is -2.48. The number of nitrogens with zero attached hydrogens (tertiary/aromatic N) is 10. The Balaban J connectivity index is 0.519. The van der Waals surface area contributed by atoms with E-state index in [4.69, 9.17) is 34.5 Å². The summed E-state index contributed by atoms with van der Waals surface area (Å²) in [4.78, 5) is 69.4. The van der Waals surface area contributed by atoms with E-state index in [1.165, 1.54) is 6.33 Å². The number of carbonyl (C=O) groups is 4. The van der Waals surface area contributed by atoms with E-state index >= 15 is 0 Å². The summed E-state index contributed by atoms with van der Waals surface area (Å²) >= 11 is 0. The number of aromatic nitrogens is 7. The van der Waals surface area contributed by atoms with Crippen molar-refractivity contribution >= 4 is 46.2 Å². The van der Waals surface area contributed by atoms with Crippen LogP contribution in [0.5, 0.6) is 11.5 Å². The molecule has 0 aliphatic carbocycles. The molecular formula is C62H74N14O9. The standard InChI is InChI=1S/C62H74N14O9/c63-61-57-58(45-18-20-49(21-19-45)85-48-12-2-1-3-13-48)70-76(62(57)67-44-66-61)47-11-8-28-74(43-47)55(79)17-9-27-72-30-32-73(33-31-72)29-25-64-54(78)24-34-81-36-38-83-40-41-84-39-37-82-35-26-65-53(77)22-23-56(80)75-42-46-10-4-5-14-50(46)59-60(69-71-68-59)51-15-6-7-16-52(51)75/h1-7,9-10,12-21,44,47H,8,11,22-43H2,(H,64,78)(H,65,77)(H2,63,66,67)(H,68,69,71)/b17-9+/t47-/m1/s1. The van der Waals surface area contributed by atoms with Crippen LogP contribution >= 0.6 is 0 Å². The number of benzene rings is 4. The van der Waals surface area contributed by atoms with Gasteiger partial charge in [0.1, 0.15) is 40.7 Å². The molecule has 85 heavy (non-hydrogen) atoms. The lowest BCUT2D eigenvalue weighted by atomic mass is 9.95. The van der Waals surface area contributed by atoms with Crippen molar-refractivity contribution in [1.82, 2.24) is 60.5 Å². The van der Waals surface area contributed by atoms with Gasteiger partial charge in [-0.3, -0.25) is 29.0 Å². The maximum absolute atomic E-state index is 13.6. The zero-order valence-electron chi connectivity index (χ0n) is 47.8. The molecule has 10 rings (SSSR count). The van der Waals surface area contributed by atoms with Gasteiger partial charge in [-0.05, 0) is 60.9 Å². The molecule has 2 saturated heterocycles. The maximum Gasteiger partial charge on any atom is 0.246 e. The topological polar surface area (TPSA) is 263 Å². The van der Waals surface area contributed by atoms with Gasteiger partial charge < -0.3 is 49.9 Å². The van der Waals surface area contributed by atoms with E-state index in [1.807, 2.05) is 119 Å². The number of carbonyl (C=O) groups excluding carboxylic acids is 4. The molecular weight excluding hydrogens is 1080 g/mol. The van der Waals surface area contributed by atoms with E-state index in [2.05, 4.69) is 45.8 Å². The zero-order chi connectivity index (χ0) is 58.6. The number of rotatable bonds is 28. The van der Waals surface area contributed by atoms with Crippen LogP contribution in [0, 0.1) is 0 Å². The molecule has 6 heterocycles. The molecule has 3 aliphatic rings. The number of anilines is 2. The minimum atomic E-state index is -0.229. The predicted molar refractivity (Wildman–Crippen MR) is 320 cm³/mol. The van der Waals surface area contributed by atoms with Gasteiger partial charge in [0.25, 0.3) is 0 Å². The van der Waals surface area contributed by atoms with E-state index in [0.29, 0.717) is 126 Å². The lowest BCUT2D eigenvalue weighted by molar-refractivity contribution is -0.127. The van der Waals surface area contributed by atoms with Crippen LogP contribution in [0.3, 0.4) is 0 Å². The summed E-state index contributed by atoms with van der Waals surface area (Å²) in [5.41, 5.74) is 13.4. The van der Waals surface area contributed by atoms with Gasteiger partial charge in [-0.15, -0.1) is 0 Å². The third kappa shape index (κ3) is 16.3. The van der Waals surface area contributed by atoms with Crippen molar-refractivity contribution in [1.29, 1.82) is 0 Å². The molecule has 446 valence electrons. The number of likely N-dealkylation sites (tertiary alicyclic amines) is 1. The zero-order valence-corrected chi connectivity index (χ0v) is 47.8. The highest BCUT2D eigenvalue weighted by Crippen LogP contribution is 2.40. The van der Waals surface area contributed by atoms with E-state index in [-0.39, 0.29) is 48.9 Å². The van der Waals surface area contributed by atoms with Gasteiger partial charge in [-0.2, -0.15) is 20.5 Å². The van der Waals surface area contributed by atoms with Crippen LogP contribution in [-0.4, -0.2) is 192 Å². The fourth-order valence-electron chi connectivity index (χ4n) is 10.7. The van der Waals surface area contributed by atoms with Gasteiger partial charge in [0.15, 0.2) is 5.65 Å². The summed E-state index contributed by atoms with van der Waals surface area (Å²) in [6.07, 6.45) is 7.16. The number of H-pyrrole nitrogens is 1. The van der Waals surface area contributed by atoms with E-state index in [9.17, 15) is 19.2 Å². The lowest BCUT2D eigenvalue weighted by Gasteiger charge is -2.34. The normalized spacial score (nSPS) is 15.5. The number of para-hydroxylation sites is 2. The number of aromatic amines is 1. The highest BCUT2D eigenvalue weighted by Gasteiger charge is 2.30. The summed E-state index contributed by atoms with van der Waals surface area (Å²) < 4.78 is 30.3. The number of ether oxygens (including phenoxy) is 5. The number of piperazine rings is 1. The first kappa shape index (κ1) is 59.7. The Morgan fingerprint density at radius 3 is 2.07 bits per heavy atom. The molecule has 3 aromatic heterocycles. The highest BCUT2D eigenvalue weighted by molar-refractivity contribution is 6.01. The fraction of sp³-hybridized carbons (Fsp3) is 0.403. The summed E-state index contributed by atoms with van der Waals surface area (Å²) in [7, 11) is 0. The van der Waals surface area contributed by atoms with Gasteiger partial charge in [-0.25, -0.2) is 14.6 Å². The van der Waals surface area contributed by atoms with Crippen molar-refractivity contribution in [3.05, 3.63) is 127 Å². The van der Waals surface area contributed by atoms with Crippen LogP contribution in [0.15, 0.2) is 122 Å². The first-order chi connectivity index (χ1) is 41.8. The number of piperidine rings is 1. The minimum absolute atomic E-state index is 0.0188. The maximum atomic E-state index is 13.6. The van der Waals surface area contributed by atoms with Crippen molar-refractivity contribution < 1.29 is 42.9 Å². The van der Waals surface area contributed by atoms with Crippen LogP contribution in [0.1, 0.15) is 43.7 Å². The van der Waals surface area contributed by atoms with Gasteiger partial charge in [-0.1, -0.05) is 66.7 Å². The van der Waals surface area contributed by atoms with E-state index < -0.39 is 0 Å². The van der Waals surface area contributed by atoms with Crippen molar-refractivity contribution in [2.75, 3.05) is 129 Å². The molecule has 3 aliphatic heterocycles. The number of hydrogen-bond donors (Lipinski definition) is 4. The Labute approximate surface area is 493 Å². The molecule has 5 N–H and O–H groups in total. The van der Waals surface area contributed by atoms with Gasteiger partial charge in [0.2, 0.25) is 23.6 Å². The highest BCUT2D eigenvalue weighted by atomic mass is 16.6. The van der Waals surface area contributed by atoms with Crippen LogP contribution < -0.4 is 26.0 Å². The predicted octanol–water partition coefficient (Wildman–Crippen LogP) is 5.67. The Hall–Kier alpha value is -8.45. The smallest absolute Gasteiger partial charge is 0.246 e. The second-order valence-electron chi connectivity index (χ2n) is 20.9. The molecule has 2 fully saturated rings. The summed E-state index contributed by atoms with van der Waals surface area (Å²) in [6, 6.07) is 32.7.